The summed E-state index contributed by atoms with van der Waals surface area (Å²) in [6.45, 7) is 0.497. The highest BCUT2D eigenvalue weighted by Crippen LogP contribution is 2.46. The number of hydrogen-bond donors (Lipinski definition) is 1. The molecular weight excluding hydrogens is 255 g/mol. The third-order valence-electron chi connectivity index (χ3n) is 3.77. The summed E-state index contributed by atoms with van der Waals surface area (Å²) in [5.41, 5.74) is 1.01. The van der Waals surface area contributed by atoms with Crippen LogP contribution in [0.3, 0.4) is 0 Å². The highest BCUT2D eigenvalue weighted by Gasteiger charge is 2.45. The predicted molar refractivity (Wildman–Crippen MR) is 73.9 cm³/mol. The minimum Gasteiger partial charge on any atom is -0.351 e. The molecule has 0 spiro atoms. The lowest BCUT2D eigenvalue weighted by molar-refractivity contribution is 0.0945. The Hall–Kier alpha value is -2.23. The molecule has 0 unspecified atom stereocenters. The quantitative estimate of drug-likeness (QED) is 0.928. The smallest absolute Gasteiger partial charge is 0.254 e. The van der Waals surface area contributed by atoms with Crippen LogP contribution in [-0.4, -0.2) is 17.4 Å². The summed E-state index contributed by atoms with van der Waals surface area (Å²) >= 11 is 0. The highest BCUT2D eigenvalue weighted by molar-refractivity contribution is 5.94. The molecule has 1 heterocycles. The Morgan fingerprint density at radius 1 is 1.20 bits per heavy atom. The first-order chi connectivity index (χ1) is 9.71. The van der Waals surface area contributed by atoms with Crippen LogP contribution in [-0.2, 0) is 5.41 Å². The van der Waals surface area contributed by atoms with Crippen molar-refractivity contribution in [3.8, 4) is 0 Å². The Morgan fingerprint density at radius 2 is 1.95 bits per heavy atom. The van der Waals surface area contributed by atoms with E-state index in [9.17, 15) is 9.18 Å². The second-order valence-corrected chi connectivity index (χ2v) is 5.16. The van der Waals surface area contributed by atoms with Crippen molar-refractivity contribution in [1.29, 1.82) is 0 Å². The fourth-order valence-electron chi connectivity index (χ4n) is 2.34. The third kappa shape index (κ3) is 2.41. The van der Waals surface area contributed by atoms with Gasteiger partial charge < -0.3 is 5.32 Å². The SMILES string of the molecule is O=C(NCC1(c2ccccn2)CC1)c1ccccc1F. The summed E-state index contributed by atoms with van der Waals surface area (Å²) in [6.07, 6.45) is 3.76. The maximum atomic E-state index is 13.5. The van der Waals surface area contributed by atoms with Gasteiger partial charge >= 0.3 is 0 Å². The molecule has 1 amide bonds. The number of nitrogens with one attached hydrogen (secondary N) is 1. The fourth-order valence-corrected chi connectivity index (χ4v) is 2.34. The molecule has 1 aromatic carbocycles. The van der Waals surface area contributed by atoms with Gasteiger partial charge in [-0.2, -0.15) is 0 Å². The topological polar surface area (TPSA) is 42.0 Å². The molecule has 2 aromatic rings. The molecule has 3 nitrogen and oxygen atoms in total. The summed E-state index contributed by atoms with van der Waals surface area (Å²) in [5, 5.41) is 2.82. The van der Waals surface area contributed by atoms with Crippen molar-refractivity contribution in [1.82, 2.24) is 10.3 Å². The maximum Gasteiger partial charge on any atom is 0.254 e. The summed E-state index contributed by atoms with van der Waals surface area (Å²) in [4.78, 5) is 16.4. The van der Waals surface area contributed by atoms with Gasteiger partial charge in [-0.1, -0.05) is 18.2 Å². The van der Waals surface area contributed by atoms with Gasteiger partial charge in [-0.25, -0.2) is 4.39 Å². The highest BCUT2D eigenvalue weighted by atomic mass is 19.1. The minimum absolute atomic E-state index is 0.0673. The van der Waals surface area contributed by atoms with Crippen LogP contribution in [0.5, 0.6) is 0 Å². The van der Waals surface area contributed by atoms with E-state index in [-0.39, 0.29) is 16.9 Å². The molecule has 0 atom stereocenters. The van der Waals surface area contributed by atoms with Gasteiger partial charge in [0.2, 0.25) is 0 Å². The van der Waals surface area contributed by atoms with Gasteiger partial charge in [0.15, 0.2) is 0 Å². The molecular formula is C16H15FN2O. The molecule has 0 bridgehead atoms. The van der Waals surface area contributed by atoms with Gasteiger partial charge in [0.1, 0.15) is 5.82 Å². The first-order valence-corrected chi connectivity index (χ1v) is 6.66. The zero-order valence-electron chi connectivity index (χ0n) is 11.0. The molecule has 1 aromatic heterocycles. The number of pyridine rings is 1. The molecule has 0 aliphatic heterocycles. The minimum atomic E-state index is -0.493. The number of carbonyl (C=O) groups is 1. The summed E-state index contributed by atoms with van der Waals surface area (Å²) < 4.78 is 13.5. The number of carbonyl (C=O) groups excluding carboxylic acids is 1. The fraction of sp³-hybridized carbons (Fsp3) is 0.250. The number of rotatable bonds is 4. The van der Waals surface area contributed by atoms with E-state index in [0.717, 1.165) is 18.5 Å². The van der Waals surface area contributed by atoms with E-state index in [2.05, 4.69) is 10.3 Å². The molecule has 3 rings (SSSR count). The van der Waals surface area contributed by atoms with Crippen molar-refractivity contribution in [2.45, 2.75) is 18.3 Å². The van der Waals surface area contributed by atoms with E-state index < -0.39 is 5.82 Å². The van der Waals surface area contributed by atoms with Crippen molar-refractivity contribution in [2.75, 3.05) is 6.54 Å². The lowest BCUT2D eigenvalue weighted by atomic mass is 10.0. The standard InChI is InChI=1S/C16H15FN2O/c17-13-6-2-1-5-12(13)15(20)19-11-16(8-9-16)14-7-3-4-10-18-14/h1-7,10H,8-9,11H2,(H,19,20). The normalized spacial score (nSPS) is 15.7. The second-order valence-electron chi connectivity index (χ2n) is 5.16. The van der Waals surface area contributed by atoms with Gasteiger partial charge in [-0.15, -0.1) is 0 Å². The average molecular weight is 270 g/mol. The molecule has 1 fully saturated rings. The molecule has 1 aliphatic carbocycles. The number of benzene rings is 1. The third-order valence-corrected chi connectivity index (χ3v) is 3.77. The first-order valence-electron chi connectivity index (χ1n) is 6.66. The first kappa shape index (κ1) is 12.8. The van der Waals surface area contributed by atoms with Crippen molar-refractivity contribution in [2.24, 2.45) is 0 Å². The van der Waals surface area contributed by atoms with Gasteiger partial charge in [-0.3, -0.25) is 9.78 Å². The zero-order valence-corrected chi connectivity index (χ0v) is 11.0. The zero-order chi connectivity index (χ0) is 14.0. The summed E-state index contributed by atoms with van der Waals surface area (Å²) in [7, 11) is 0. The molecule has 0 saturated heterocycles. The molecule has 102 valence electrons. The molecule has 1 saturated carbocycles. The van der Waals surface area contributed by atoms with E-state index in [0.29, 0.717) is 6.54 Å². The summed E-state index contributed by atoms with van der Waals surface area (Å²) in [5.74, 6) is -0.863. The Kier molecular flexibility index (Phi) is 3.22. The van der Waals surface area contributed by atoms with E-state index in [4.69, 9.17) is 0 Å². The number of halogens is 1. The van der Waals surface area contributed by atoms with Crippen LogP contribution in [0.2, 0.25) is 0 Å². The lowest BCUT2D eigenvalue weighted by Gasteiger charge is -2.15. The largest absolute Gasteiger partial charge is 0.351 e. The van der Waals surface area contributed by atoms with Gasteiger partial charge in [0.05, 0.1) is 5.56 Å². The van der Waals surface area contributed by atoms with Gasteiger partial charge in [-0.05, 0) is 37.1 Å². The Morgan fingerprint density at radius 3 is 2.60 bits per heavy atom. The number of hydrogen-bond acceptors (Lipinski definition) is 2. The second kappa shape index (κ2) is 5.04. The van der Waals surface area contributed by atoms with Crippen molar-refractivity contribution >= 4 is 5.91 Å². The van der Waals surface area contributed by atoms with Crippen molar-refractivity contribution < 1.29 is 9.18 Å². The number of amides is 1. The van der Waals surface area contributed by atoms with E-state index >= 15 is 0 Å². The Labute approximate surface area is 116 Å². The maximum absolute atomic E-state index is 13.5. The van der Waals surface area contributed by atoms with Crippen LogP contribution >= 0.6 is 0 Å². The van der Waals surface area contributed by atoms with Crippen LogP contribution < -0.4 is 5.32 Å². The van der Waals surface area contributed by atoms with Gasteiger partial charge in [0.25, 0.3) is 5.91 Å². The van der Waals surface area contributed by atoms with E-state index in [1.165, 1.54) is 12.1 Å². The van der Waals surface area contributed by atoms with E-state index in [1.807, 2.05) is 18.2 Å². The molecule has 1 N–H and O–H groups in total. The molecule has 4 heteroatoms. The van der Waals surface area contributed by atoms with Crippen LogP contribution in [0.25, 0.3) is 0 Å². The predicted octanol–water partition coefficient (Wildman–Crippen LogP) is 2.68. The van der Waals surface area contributed by atoms with Crippen molar-refractivity contribution in [3.05, 3.63) is 65.7 Å². The van der Waals surface area contributed by atoms with Crippen molar-refractivity contribution in [3.63, 3.8) is 0 Å². The van der Waals surface area contributed by atoms with Crippen LogP contribution in [0.1, 0.15) is 28.9 Å². The molecule has 20 heavy (non-hydrogen) atoms. The monoisotopic (exact) mass is 270 g/mol. The molecule has 1 aliphatic rings. The average Bonchev–Trinajstić information content (AvgIpc) is 3.27. The van der Waals surface area contributed by atoms with Crippen LogP contribution in [0.4, 0.5) is 4.39 Å². The van der Waals surface area contributed by atoms with Gasteiger partial charge in [0, 0.05) is 23.9 Å². The van der Waals surface area contributed by atoms with Crippen LogP contribution in [0.15, 0.2) is 48.7 Å². The lowest BCUT2D eigenvalue weighted by Crippen LogP contribution is -2.33. The number of aromatic nitrogens is 1. The summed E-state index contributed by atoms with van der Waals surface area (Å²) in [6, 6.07) is 11.8. The Balaban J connectivity index is 1.69. The Bertz CT molecular complexity index is 623. The van der Waals surface area contributed by atoms with Crippen LogP contribution in [0, 0.1) is 5.82 Å². The molecule has 0 radical (unpaired) electrons. The van der Waals surface area contributed by atoms with E-state index in [1.54, 1.807) is 18.3 Å². The number of nitrogens with zero attached hydrogens (tertiary/aromatic N) is 1.